The van der Waals surface area contributed by atoms with Crippen LogP contribution in [0.2, 0.25) is 0 Å². The van der Waals surface area contributed by atoms with Gasteiger partial charge in [-0.15, -0.1) is 6.58 Å². The molecule has 1 saturated heterocycles. The summed E-state index contributed by atoms with van der Waals surface area (Å²) in [4.78, 5) is 14.5. The van der Waals surface area contributed by atoms with Gasteiger partial charge in [-0.25, -0.2) is 0 Å². The van der Waals surface area contributed by atoms with Crippen LogP contribution in [-0.2, 0) is 11.4 Å². The van der Waals surface area contributed by atoms with E-state index in [9.17, 15) is 4.79 Å². The summed E-state index contributed by atoms with van der Waals surface area (Å²) in [6, 6.07) is 16.0. The second-order valence-corrected chi connectivity index (χ2v) is 7.60. The minimum Gasteiger partial charge on any atom is -0.489 e. The van der Waals surface area contributed by atoms with Crippen LogP contribution in [0.1, 0.15) is 16.7 Å². The van der Waals surface area contributed by atoms with Gasteiger partial charge < -0.3 is 4.74 Å². The largest absolute Gasteiger partial charge is 0.489 e. The van der Waals surface area contributed by atoms with Gasteiger partial charge in [0, 0.05) is 6.54 Å². The van der Waals surface area contributed by atoms with Gasteiger partial charge in [0.05, 0.1) is 4.91 Å². The topological polar surface area (TPSA) is 29.5 Å². The Labute approximate surface area is 163 Å². The van der Waals surface area contributed by atoms with Gasteiger partial charge in [-0.2, -0.15) is 0 Å². The van der Waals surface area contributed by atoms with Gasteiger partial charge in [0.25, 0.3) is 5.91 Å². The van der Waals surface area contributed by atoms with E-state index in [1.165, 1.54) is 17.3 Å². The van der Waals surface area contributed by atoms with Crippen LogP contribution in [0.5, 0.6) is 5.75 Å². The number of hydrogen-bond donors (Lipinski definition) is 0. The van der Waals surface area contributed by atoms with E-state index >= 15 is 0 Å². The van der Waals surface area contributed by atoms with Crippen LogP contribution in [0.3, 0.4) is 0 Å². The van der Waals surface area contributed by atoms with Gasteiger partial charge in [-0.3, -0.25) is 9.69 Å². The zero-order valence-electron chi connectivity index (χ0n) is 14.5. The number of amides is 1. The number of thioether (sulfide) groups is 1. The molecule has 132 valence electrons. The molecule has 2 aromatic carbocycles. The zero-order valence-corrected chi connectivity index (χ0v) is 16.1. The third-order valence-corrected chi connectivity index (χ3v) is 5.27. The number of benzene rings is 2. The molecule has 0 bridgehead atoms. The van der Waals surface area contributed by atoms with Gasteiger partial charge in [-0.05, 0) is 36.3 Å². The second-order valence-electron chi connectivity index (χ2n) is 5.92. The molecule has 0 N–H and O–H groups in total. The lowest BCUT2D eigenvalue weighted by Crippen LogP contribution is -2.27. The lowest BCUT2D eigenvalue weighted by Gasteiger charge is -2.10. The van der Waals surface area contributed by atoms with Crippen molar-refractivity contribution in [2.75, 3.05) is 6.54 Å². The van der Waals surface area contributed by atoms with E-state index in [1.807, 2.05) is 30.3 Å². The number of carbonyl (C=O) groups excluding carboxylic acids is 1. The van der Waals surface area contributed by atoms with Crippen molar-refractivity contribution in [3.8, 4) is 5.75 Å². The lowest BCUT2D eigenvalue weighted by molar-refractivity contribution is -0.121. The summed E-state index contributed by atoms with van der Waals surface area (Å²) >= 11 is 6.56. The minimum atomic E-state index is -0.0698. The first-order valence-corrected chi connectivity index (χ1v) is 9.44. The molecule has 0 saturated carbocycles. The molecule has 2 aromatic rings. The van der Waals surface area contributed by atoms with Crippen molar-refractivity contribution in [2.24, 2.45) is 0 Å². The fraction of sp³-hybridized carbons (Fsp3) is 0.143. The maximum atomic E-state index is 12.3. The average molecular weight is 382 g/mol. The number of thiocarbonyl (C=S) groups is 1. The molecule has 0 aliphatic carbocycles. The molecular formula is C21H19NO2S2. The maximum Gasteiger partial charge on any atom is 0.266 e. The van der Waals surface area contributed by atoms with Crippen molar-refractivity contribution < 1.29 is 9.53 Å². The Morgan fingerprint density at radius 3 is 2.50 bits per heavy atom. The zero-order chi connectivity index (χ0) is 18.5. The molecule has 1 fully saturated rings. The third-order valence-electron chi connectivity index (χ3n) is 3.89. The molecule has 0 aromatic heterocycles. The van der Waals surface area contributed by atoms with E-state index in [1.54, 1.807) is 11.0 Å². The number of rotatable bonds is 6. The second kappa shape index (κ2) is 8.34. The van der Waals surface area contributed by atoms with Crippen molar-refractivity contribution >= 4 is 40.3 Å². The van der Waals surface area contributed by atoms with Gasteiger partial charge in [-0.1, -0.05) is 72.0 Å². The first-order valence-electron chi connectivity index (χ1n) is 8.21. The van der Waals surface area contributed by atoms with Crippen molar-refractivity contribution in [1.82, 2.24) is 4.90 Å². The highest BCUT2D eigenvalue weighted by molar-refractivity contribution is 8.26. The predicted octanol–water partition coefficient (Wildman–Crippen LogP) is 4.96. The standard InChI is InChI=1S/C21H19NO2S2/c1-3-12-22-20(23)19(26-21(22)25)13-16-8-10-18(11-9-16)24-14-17-6-4-15(2)5-7-17/h3-11,13H,1,12,14H2,2H3/b19-13+. The highest BCUT2D eigenvalue weighted by Gasteiger charge is 2.30. The fourth-order valence-corrected chi connectivity index (χ4v) is 3.72. The molecule has 1 aliphatic rings. The normalized spacial score (nSPS) is 15.6. The molecule has 0 spiro atoms. The van der Waals surface area contributed by atoms with Crippen LogP contribution >= 0.6 is 24.0 Å². The van der Waals surface area contributed by atoms with Gasteiger partial charge in [0.1, 0.15) is 16.7 Å². The van der Waals surface area contributed by atoms with Crippen LogP contribution < -0.4 is 4.74 Å². The lowest BCUT2D eigenvalue weighted by atomic mass is 10.1. The van der Waals surface area contributed by atoms with E-state index in [-0.39, 0.29) is 5.91 Å². The SMILES string of the molecule is C=CCN1C(=O)/C(=C\c2ccc(OCc3ccc(C)cc3)cc2)SC1=S. The van der Waals surface area contributed by atoms with Crippen LogP contribution in [-0.4, -0.2) is 21.7 Å². The number of hydrogen-bond acceptors (Lipinski definition) is 4. The van der Waals surface area contributed by atoms with E-state index in [4.69, 9.17) is 17.0 Å². The van der Waals surface area contributed by atoms with Crippen LogP contribution in [0.25, 0.3) is 6.08 Å². The molecular weight excluding hydrogens is 362 g/mol. The summed E-state index contributed by atoms with van der Waals surface area (Å²) in [7, 11) is 0. The van der Waals surface area contributed by atoms with Gasteiger partial charge in [0.2, 0.25) is 0 Å². The Hall–Kier alpha value is -2.37. The maximum absolute atomic E-state index is 12.3. The number of ether oxygens (including phenoxy) is 1. The average Bonchev–Trinajstić information content (AvgIpc) is 2.90. The van der Waals surface area contributed by atoms with E-state index in [0.717, 1.165) is 16.9 Å². The van der Waals surface area contributed by atoms with Crippen LogP contribution in [0, 0.1) is 6.92 Å². The van der Waals surface area contributed by atoms with Crippen molar-refractivity contribution in [3.05, 3.63) is 82.8 Å². The number of carbonyl (C=O) groups is 1. The Kier molecular flexibility index (Phi) is 5.91. The van der Waals surface area contributed by atoms with Crippen molar-refractivity contribution in [3.63, 3.8) is 0 Å². The molecule has 3 nitrogen and oxygen atoms in total. The molecule has 1 aliphatic heterocycles. The van der Waals surface area contributed by atoms with Gasteiger partial charge >= 0.3 is 0 Å². The molecule has 0 atom stereocenters. The number of aryl methyl sites for hydroxylation is 1. The monoisotopic (exact) mass is 381 g/mol. The third kappa shape index (κ3) is 4.42. The number of nitrogens with zero attached hydrogens (tertiary/aromatic N) is 1. The smallest absolute Gasteiger partial charge is 0.266 e. The quantitative estimate of drug-likeness (QED) is 0.402. The molecule has 26 heavy (non-hydrogen) atoms. The summed E-state index contributed by atoms with van der Waals surface area (Å²) in [6.07, 6.45) is 3.53. The fourth-order valence-electron chi connectivity index (χ4n) is 2.45. The Morgan fingerprint density at radius 1 is 1.15 bits per heavy atom. The summed E-state index contributed by atoms with van der Waals surface area (Å²) in [6.45, 7) is 6.69. The Bertz CT molecular complexity index is 855. The molecule has 1 amide bonds. The Balaban J connectivity index is 1.64. The Morgan fingerprint density at radius 2 is 1.85 bits per heavy atom. The van der Waals surface area contributed by atoms with Crippen molar-refractivity contribution in [2.45, 2.75) is 13.5 Å². The summed E-state index contributed by atoms with van der Waals surface area (Å²) in [5.41, 5.74) is 3.30. The summed E-state index contributed by atoms with van der Waals surface area (Å²) in [5, 5.41) is 0. The summed E-state index contributed by atoms with van der Waals surface area (Å²) in [5.74, 6) is 0.724. The highest BCUT2D eigenvalue weighted by Crippen LogP contribution is 2.32. The molecule has 1 heterocycles. The van der Waals surface area contributed by atoms with Crippen LogP contribution in [0.15, 0.2) is 66.1 Å². The van der Waals surface area contributed by atoms with Crippen molar-refractivity contribution in [1.29, 1.82) is 0 Å². The molecule has 0 radical (unpaired) electrons. The molecule has 0 unspecified atom stereocenters. The minimum absolute atomic E-state index is 0.0698. The van der Waals surface area contributed by atoms with Gasteiger partial charge in [0.15, 0.2) is 0 Å². The first-order chi connectivity index (χ1) is 12.6. The summed E-state index contributed by atoms with van der Waals surface area (Å²) < 4.78 is 6.38. The molecule has 3 rings (SSSR count). The van der Waals surface area contributed by atoms with E-state index < -0.39 is 0 Å². The van der Waals surface area contributed by atoms with Crippen LogP contribution in [0.4, 0.5) is 0 Å². The highest BCUT2D eigenvalue weighted by atomic mass is 32.2. The van der Waals surface area contributed by atoms with E-state index in [2.05, 4.69) is 37.8 Å². The van der Waals surface area contributed by atoms with E-state index in [0.29, 0.717) is 22.4 Å². The molecule has 5 heteroatoms. The first kappa shape index (κ1) is 18.4. The predicted molar refractivity (Wildman–Crippen MR) is 112 cm³/mol.